The summed E-state index contributed by atoms with van der Waals surface area (Å²) in [7, 11) is -3.25. The van der Waals surface area contributed by atoms with Crippen molar-refractivity contribution in [3.63, 3.8) is 0 Å². The normalized spacial score (nSPS) is 23.8. The Morgan fingerprint density at radius 2 is 2.10 bits per heavy atom. The van der Waals surface area contributed by atoms with E-state index in [1.54, 1.807) is 6.92 Å². The smallest absolute Gasteiger partial charge is 0.224 e. The number of nitrogens with zero attached hydrogens (tertiary/aromatic N) is 1. The van der Waals surface area contributed by atoms with E-state index in [9.17, 15) is 18.3 Å². The molecular weight excluding hydrogens is 292 g/mol. The number of carbonyl (C=O) groups excluding carboxylic acids is 1. The summed E-state index contributed by atoms with van der Waals surface area (Å²) in [6, 6.07) is 0. The first-order valence-corrected chi connectivity index (χ1v) is 9.31. The Kier molecular flexibility index (Phi) is 6.19. The molecule has 2 atom stereocenters. The highest BCUT2D eigenvalue weighted by molar-refractivity contribution is 7.88. The van der Waals surface area contributed by atoms with Crippen LogP contribution in [0, 0.1) is 11.8 Å². The van der Waals surface area contributed by atoms with Gasteiger partial charge in [-0.3, -0.25) is 4.79 Å². The molecule has 1 aliphatic rings. The van der Waals surface area contributed by atoms with Crippen molar-refractivity contribution in [2.24, 2.45) is 11.8 Å². The zero-order valence-electron chi connectivity index (χ0n) is 13.4. The van der Waals surface area contributed by atoms with Gasteiger partial charge in [0.05, 0.1) is 17.8 Å². The van der Waals surface area contributed by atoms with Crippen LogP contribution in [-0.2, 0) is 14.8 Å². The van der Waals surface area contributed by atoms with Crippen LogP contribution in [0.15, 0.2) is 0 Å². The van der Waals surface area contributed by atoms with Gasteiger partial charge >= 0.3 is 0 Å². The van der Waals surface area contributed by atoms with Crippen molar-refractivity contribution in [2.45, 2.75) is 45.6 Å². The van der Waals surface area contributed by atoms with Crippen LogP contribution < -0.4 is 5.32 Å². The standard InChI is InChI=1S/C14H28N2O4S/c1-11(2)8-14(3,18)10-15-13(17)12-6-5-7-16(9-12)21(4,19)20/h11-12,18H,5-10H2,1-4H3,(H,15,17). The second-order valence-electron chi connectivity index (χ2n) is 6.77. The summed E-state index contributed by atoms with van der Waals surface area (Å²) in [5, 5.41) is 13.0. The number of amides is 1. The Morgan fingerprint density at radius 3 is 2.62 bits per heavy atom. The van der Waals surface area contributed by atoms with Crippen LogP contribution in [0.1, 0.15) is 40.0 Å². The number of sulfonamides is 1. The monoisotopic (exact) mass is 320 g/mol. The van der Waals surface area contributed by atoms with Crippen molar-refractivity contribution >= 4 is 15.9 Å². The van der Waals surface area contributed by atoms with Crippen molar-refractivity contribution in [3.8, 4) is 0 Å². The number of rotatable bonds is 6. The van der Waals surface area contributed by atoms with Gasteiger partial charge in [0.1, 0.15) is 0 Å². The summed E-state index contributed by atoms with van der Waals surface area (Å²) in [5.41, 5.74) is -0.936. The van der Waals surface area contributed by atoms with Crippen LogP contribution in [0.2, 0.25) is 0 Å². The van der Waals surface area contributed by atoms with Crippen LogP contribution in [0.25, 0.3) is 0 Å². The van der Waals surface area contributed by atoms with Gasteiger partial charge in [0.25, 0.3) is 0 Å². The molecule has 0 spiro atoms. The molecule has 0 aromatic heterocycles. The van der Waals surface area contributed by atoms with Gasteiger partial charge in [0.15, 0.2) is 0 Å². The SMILES string of the molecule is CC(C)CC(C)(O)CNC(=O)C1CCCN(S(C)(=O)=O)C1. The second kappa shape index (κ2) is 7.07. The lowest BCUT2D eigenvalue weighted by molar-refractivity contribution is -0.127. The maximum Gasteiger partial charge on any atom is 0.224 e. The first kappa shape index (κ1) is 18.4. The van der Waals surface area contributed by atoms with E-state index in [2.05, 4.69) is 5.32 Å². The van der Waals surface area contributed by atoms with Gasteiger partial charge in [-0.25, -0.2) is 12.7 Å². The molecule has 0 aromatic rings. The highest BCUT2D eigenvalue weighted by atomic mass is 32.2. The Labute approximate surface area is 128 Å². The molecule has 1 amide bonds. The van der Waals surface area contributed by atoms with Gasteiger partial charge in [0.2, 0.25) is 15.9 Å². The van der Waals surface area contributed by atoms with E-state index < -0.39 is 15.6 Å². The average molecular weight is 320 g/mol. The molecule has 1 heterocycles. The molecule has 2 unspecified atom stereocenters. The number of aliphatic hydroxyl groups is 1. The van der Waals surface area contributed by atoms with E-state index in [0.717, 1.165) is 0 Å². The topological polar surface area (TPSA) is 86.7 Å². The van der Waals surface area contributed by atoms with E-state index in [-0.39, 0.29) is 24.9 Å². The molecule has 0 bridgehead atoms. The number of hydrogen-bond donors (Lipinski definition) is 2. The summed E-state index contributed by atoms with van der Waals surface area (Å²) in [6.07, 6.45) is 3.14. The van der Waals surface area contributed by atoms with Crippen molar-refractivity contribution in [1.29, 1.82) is 0 Å². The number of piperidine rings is 1. The van der Waals surface area contributed by atoms with Gasteiger partial charge in [-0.2, -0.15) is 0 Å². The zero-order valence-corrected chi connectivity index (χ0v) is 14.2. The number of hydrogen-bond acceptors (Lipinski definition) is 4. The number of carbonyl (C=O) groups is 1. The van der Waals surface area contributed by atoms with Crippen molar-refractivity contribution in [1.82, 2.24) is 9.62 Å². The molecule has 2 N–H and O–H groups in total. The van der Waals surface area contributed by atoms with Gasteiger partial charge in [-0.15, -0.1) is 0 Å². The van der Waals surface area contributed by atoms with Crippen LogP contribution in [-0.4, -0.2) is 55.2 Å². The molecule has 7 heteroatoms. The summed E-state index contributed by atoms with van der Waals surface area (Å²) in [5.74, 6) is -0.164. The predicted octanol–water partition coefficient (Wildman–Crippen LogP) is 0.571. The van der Waals surface area contributed by atoms with E-state index in [1.165, 1.54) is 10.6 Å². The maximum atomic E-state index is 12.2. The fraction of sp³-hybridized carbons (Fsp3) is 0.929. The van der Waals surface area contributed by atoms with E-state index in [0.29, 0.717) is 31.7 Å². The van der Waals surface area contributed by atoms with Gasteiger partial charge in [0, 0.05) is 19.6 Å². The largest absolute Gasteiger partial charge is 0.388 e. The van der Waals surface area contributed by atoms with Crippen LogP contribution >= 0.6 is 0 Å². The Balaban J connectivity index is 2.52. The molecule has 0 aromatic carbocycles. The average Bonchev–Trinajstić information content (AvgIpc) is 2.33. The summed E-state index contributed by atoms with van der Waals surface area (Å²) < 4.78 is 24.4. The third kappa shape index (κ3) is 6.32. The summed E-state index contributed by atoms with van der Waals surface area (Å²) in [4.78, 5) is 12.2. The molecule has 1 saturated heterocycles. The van der Waals surface area contributed by atoms with Crippen LogP contribution in [0.3, 0.4) is 0 Å². The Bertz CT molecular complexity index is 460. The Morgan fingerprint density at radius 1 is 1.48 bits per heavy atom. The first-order chi connectivity index (χ1) is 9.51. The molecular formula is C14H28N2O4S. The van der Waals surface area contributed by atoms with Gasteiger partial charge < -0.3 is 10.4 Å². The predicted molar refractivity (Wildman–Crippen MR) is 82.2 cm³/mol. The highest BCUT2D eigenvalue weighted by Gasteiger charge is 2.31. The molecule has 0 saturated carbocycles. The molecule has 0 radical (unpaired) electrons. The quantitative estimate of drug-likeness (QED) is 0.749. The molecule has 0 aliphatic carbocycles. The van der Waals surface area contributed by atoms with E-state index in [1.807, 2.05) is 13.8 Å². The first-order valence-electron chi connectivity index (χ1n) is 7.46. The molecule has 1 rings (SSSR count). The Hall–Kier alpha value is -0.660. The molecule has 21 heavy (non-hydrogen) atoms. The van der Waals surface area contributed by atoms with E-state index in [4.69, 9.17) is 0 Å². The van der Waals surface area contributed by atoms with E-state index >= 15 is 0 Å². The summed E-state index contributed by atoms with van der Waals surface area (Å²) >= 11 is 0. The third-order valence-corrected chi connectivity index (χ3v) is 4.99. The molecule has 124 valence electrons. The third-order valence-electron chi connectivity index (χ3n) is 3.72. The van der Waals surface area contributed by atoms with Gasteiger partial charge in [-0.1, -0.05) is 13.8 Å². The maximum absolute atomic E-state index is 12.2. The number of nitrogens with one attached hydrogen (secondary N) is 1. The lowest BCUT2D eigenvalue weighted by atomic mass is 9.93. The molecule has 1 aliphatic heterocycles. The fourth-order valence-electron chi connectivity index (χ4n) is 2.83. The van der Waals surface area contributed by atoms with Crippen molar-refractivity contribution < 1.29 is 18.3 Å². The van der Waals surface area contributed by atoms with Crippen LogP contribution in [0.5, 0.6) is 0 Å². The molecule has 6 nitrogen and oxygen atoms in total. The fourth-order valence-corrected chi connectivity index (χ4v) is 3.74. The van der Waals surface area contributed by atoms with Gasteiger partial charge in [-0.05, 0) is 32.1 Å². The summed E-state index contributed by atoms with van der Waals surface area (Å²) in [6.45, 7) is 6.64. The minimum absolute atomic E-state index is 0.174. The zero-order chi connectivity index (χ0) is 16.3. The lowest BCUT2D eigenvalue weighted by Gasteiger charge is -2.31. The van der Waals surface area contributed by atoms with Crippen LogP contribution in [0.4, 0.5) is 0 Å². The molecule has 1 fully saturated rings. The lowest BCUT2D eigenvalue weighted by Crippen LogP contribution is -2.48. The van der Waals surface area contributed by atoms with Crippen molar-refractivity contribution in [2.75, 3.05) is 25.9 Å². The minimum atomic E-state index is -3.25. The van der Waals surface area contributed by atoms with Crippen molar-refractivity contribution in [3.05, 3.63) is 0 Å². The second-order valence-corrected chi connectivity index (χ2v) is 8.76. The highest BCUT2D eigenvalue weighted by Crippen LogP contribution is 2.20. The minimum Gasteiger partial charge on any atom is -0.388 e.